The second kappa shape index (κ2) is 76.0. The summed E-state index contributed by atoms with van der Waals surface area (Å²) in [6, 6.07) is 0. The van der Waals surface area contributed by atoms with E-state index in [1.807, 2.05) is 12.2 Å². The Morgan fingerprint density at radius 3 is 0.804 bits per heavy atom. The van der Waals surface area contributed by atoms with Gasteiger partial charge in [-0.05, 0) is 89.9 Å². The van der Waals surface area contributed by atoms with Crippen LogP contribution in [0.4, 0.5) is 0 Å². The normalized spacial score (nSPS) is 14.1. The topological polar surface area (TPSA) is 237 Å². The van der Waals surface area contributed by atoms with E-state index in [0.717, 1.165) is 109 Å². The molecule has 0 aromatic carbocycles. The molecule has 0 aliphatic rings. The molecule has 0 rings (SSSR count). The summed E-state index contributed by atoms with van der Waals surface area (Å²) in [6.07, 6.45) is 76.2. The Morgan fingerprint density at radius 1 is 0.275 bits per heavy atom. The lowest BCUT2D eigenvalue weighted by molar-refractivity contribution is -0.161. The van der Waals surface area contributed by atoms with Gasteiger partial charge in [0.15, 0.2) is 12.2 Å². The fourth-order valence-electron chi connectivity index (χ4n) is 11.6. The van der Waals surface area contributed by atoms with Gasteiger partial charge in [0.05, 0.1) is 26.4 Å². The Morgan fingerprint density at radius 2 is 0.490 bits per heavy atom. The fourth-order valence-corrected chi connectivity index (χ4v) is 13.2. The number of esters is 4. The van der Waals surface area contributed by atoms with Crippen LogP contribution in [0.3, 0.4) is 0 Å². The SMILES string of the molecule is CCCCC/C=C\C/C=C\C/C=C\C/C=C\CCCC(=O)OC[C@H](COP(=O)(O)OC[C@H](O)COP(=O)(O)OC[C@@H](COC(=O)CCCCCCCCCCCCCCC)OC(=O)CCCCCCCCCCCCCCCCCCC)OC(=O)CCCCCCC/C=C\CCCCCCCC. The summed E-state index contributed by atoms with van der Waals surface area (Å²) >= 11 is 0. The Labute approximate surface area is 622 Å². The van der Waals surface area contributed by atoms with Gasteiger partial charge in [-0.15, -0.1) is 0 Å². The van der Waals surface area contributed by atoms with Crippen molar-refractivity contribution in [3.05, 3.63) is 60.8 Å². The summed E-state index contributed by atoms with van der Waals surface area (Å²) in [4.78, 5) is 73.0. The van der Waals surface area contributed by atoms with Crippen LogP contribution < -0.4 is 0 Å². The third kappa shape index (κ3) is 75.0. The number of aliphatic hydroxyl groups excluding tert-OH is 1. The first kappa shape index (κ1) is 98.8. The van der Waals surface area contributed by atoms with Crippen LogP contribution in [0.15, 0.2) is 60.8 Å². The number of hydrogen-bond acceptors (Lipinski definition) is 15. The van der Waals surface area contributed by atoms with E-state index < -0.39 is 97.5 Å². The molecule has 0 aliphatic heterocycles. The van der Waals surface area contributed by atoms with Gasteiger partial charge in [-0.3, -0.25) is 37.3 Å². The van der Waals surface area contributed by atoms with E-state index >= 15 is 0 Å². The molecule has 0 aromatic heterocycles. The van der Waals surface area contributed by atoms with Crippen molar-refractivity contribution in [3.8, 4) is 0 Å². The van der Waals surface area contributed by atoms with Gasteiger partial charge in [0.25, 0.3) is 0 Å². The molecule has 0 heterocycles. The van der Waals surface area contributed by atoms with Crippen LogP contribution in [0.2, 0.25) is 0 Å². The number of rotatable bonds is 79. The summed E-state index contributed by atoms with van der Waals surface area (Å²) < 4.78 is 68.6. The van der Waals surface area contributed by atoms with Crippen LogP contribution in [-0.4, -0.2) is 96.7 Å². The second-order valence-corrected chi connectivity index (χ2v) is 31.0. The molecule has 0 fully saturated rings. The highest BCUT2D eigenvalue weighted by Gasteiger charge is 2.30. The average Bonchev–Trinajstić information content (AvgIpc) is 0.951. The molecular formula is C83H152O17P2. The highest BCUT2D eigenvalue weighted by molar-refractivity contribution is 7.47. The lowest BCUT2D eigenvalue weighted by Gasteiger charge is -2.21. The largest absolute Gasteiger partial charge is 0.472 e. The van der Waals surface area contributed by atoms with E-state index in [1.165, 1.54) is 193 Å². The van der Waals surface area contributed by atoms with Crippen LogP contribution in [-0.2, 0) is 65.4 Å². The van der Waals surface area contributed by atoms with E-state index in [1.54, 1.807) is 0 Å². The third-order valence-corrected chi connectivity index (χ3v) is 19.9. The maximum Gasteiger partial charge on any atom is 0.472 e. The Hall–Kier alpha value is -3.24. The first-order valence-corrected chi connectivity index (χ1v) is 44.5. The molecular weight excluding hydrogens is 1330 g/mol. The molecule has 0 amide bonds. The summed E-state index contributed by atoms with van der Waals surface area (Å²) in [7, 11) is -9.96. The van der Waals surface area contributed by atoms with Crippen molar-refractivity contribution in [2.45, 2.75) is 406 Å². The number of unbranched alkanes of at least 4 members (excludes halogenated alkanes) is 43. The van der Waals surface area contributed by atoms with Gasteiger partial charge in [0.1, 0.15) is 19.3 Å². The molecule has 0 saturated heterocycles. The molecule has 0 bridgehead atoms. The maximum absolute atomic E-state index is 13.1. The number of phosphoric ester groups is 2. The molecule has 0 saturated carbocycles. The lowest BCUT2D eigenvalue weighted by atomic mass is 10.0. The van der Waals surface area contributed by atoms with Gasteiger partial charge < -0.3 is 33.8 Å². The summed E-state index contributed by atoms with van der Waals surface area (Å²) in [5.74, 6) is -2.21. The van der Waals surface area contributed by atoms with Crippen LogP contribution in [0, 0.1) is 0 Å². The molecule has 17 nitrogen and oxygen atoms in total. The number of allylic oxidation sites excluding steroid dienone is 10. The highest BCUT2D eigenvalue weighted by atomic mass is 31.2. The van der Waals surface area contributed by atoms with Crippen LogP contribution in [0.25, 0.3) is 0 Å². The Bertz CT molecular complexity index is 2170. The molecule has 5 atom stereocenters. The zero-order chi connectivity index (χ0) is 74.6. The number of hydrogen-bond donors (Lipinski definition) is 3. The van der Waals surface area contributed by atoms with Crippen LogP contribution in [0.1, 0.15) is 387 Å². The van der Waals surface area contributed by atoms with Gasteiger partial charge in [0, 0.05) is 25.7 Å². The van der Waals surface area contributed by atoms with Crippen molar-refractivity contribution in [2.24, 2.45) is 0 Å². The van der Waals surface area contributed by atoms with Crippen LogP contribution in [0.5, 0.6) is 0 Å². The summed E-state index contributed by atoms with van der Waals surface area (Å²) in [5.41, 5.74) is 0. The Balaban J connectivity index is 5.36. The van der Waals surface area contributed by atoms with E-state index in [4.69, 9.17) is 37.0 Å². The van der Waals surface area contributed by atoms with Gasteiger partial charge >= 0.3 is 39.5 Å². The van der Waals surface area contributed by atoms with Crippen molar-refractivity contribution in [1.82, 2.24) is 0 Å². The fraction of sp³-hybridized carbons (Fsp3) is 0.831. The first-order chi connectivity index (χ1) is 49.7. The summed E-state index contributed by atoms with van der Waals surface area (Å²) in [5, 5.41) is 10.6. The van der Waals surface area contributed by atoms with Gasteiger partial charge in [-0.1, -0.05) is 332 Å². The lowest BCUT2D eigenvalue weighted by Crippen LogP contribution is -2.30. The Kier molecular flexibility index (Phi) is 73.6. The summed E-state index contributed by atoms with van der Waals surface area (Å²) in [6.45, 7) is 4.87. The van der Waals surface area contributed by atoms with Crippen molar-refractivity contribution >= 4 is 39.5 Å². The standard InChI is InChI=1S/C83H152O17P2/c1-5-9-13-17-21-25-29-33-36-38-41-44-48-52-56-60-64-68-81(86)94-74-79(99-82(87)69-65-61-57-53-49-45-40-35-31-27-23-19-15-11-7-3)76-98-102(91,92)96-72-77(84)71-95-101(89,90)97-75-78(73-93-80(85)67-63-59-55-51-47-43-32-28-24-20-16-12-8-4)100-83(88)70-66-62-58-54-50-46-42-39-37-34-30-26-22-18-14-10-6-2/h21,25,33,35-36,40-41,44,52,56,77-79,84H,5-20,22-24,26-32,34,37-39,42-43,45-51,53-55,57-76H2,1-4H3,(H,89,90)(H,91,92)/b25-21-,36-33-,40-35-,44-41-,56-52-/t77-,78-,79-/m1/s1. The molecule has 0 aromatic rings. The first-order valence-electron chi connectivity index (χ1n) is 41.5. The zero-order valence-corrected chi connectivity index (χ0v) is 67.1. The van der Waals surface area contributed by atoms with E-state index in [0.29, 0.717) is 32.1 Å². The smallest absolute Gasteiger partial charge is 0.462 e. The van der Waals surface area contributed by atoms with Crippen molar-refractivity contribution < 1.29 is 80.2 Å². The second-order valence-electron chi connectivity index (χ2n) is 28.1. The third-order valence-electron chi connectivity index (χ3n) is 18.0. The zero-order valence-electron chi connectivity index (χ0n) is 65.3. The molecule has 0 radical (unpaired) electrons. The molecule has 102 heavy (non-hydrogen) atoms. The minimum atomic E-state index is -4.98. The molecule has 2 unspecified atom stereocenters. The molecule has 3 N–H and O–H groups in total. The van der Waals surface area contributed by atoms with E-state index in [9.17, 15) is 43.2 Å². The molecule has 0 spiro atoms. The van der Waals surface area contributed by atoms with E-state index in [-0.39, 0.29) is 25.7 Å². The monoisotopic (exact) mass is 1480 g/mol. The van der Waals surface area contributed by atoms with Gasteiger partial charge in [-0.25, -0.2) is 9.13 Å². The molecule has 596 valence electrons. The van der Waals surface area contributed by atoms with Crippen molar-refractivity contribution in [1.29, 1.82) is 0 Å². The van der Waals surface area contributed by atoms with Crippen molar-refractivity contribution in [2.75, 3.05) is 39.6 Å². The number of carbonyl (C=O) groups is 4. The van der Waals surface area contributed by atoms with Crippen LogP contribution >= 0.6 is 15.6 Å². The minimum absolute atomic E-state index is 0.0774. The molecule has 0 aliphatic carbocycles. The quantitative estimate of drug-likeness (QED) is 0.0169. The predicted molar refractivity (Wildman–Crippen MR) is 418 cm³/mol. The van der Waals surface area contributed by atoms with Gasteiger partial charge in [-0.2, -0.15) is 0 Å². The minimum Gasteiger partial charge on any atom is -0.462 e. The predicted octanol–water partition coefficient (Wildman–Crippen LogP) is 24.2. The number of carbonyl (C=O) groups excluding carboxylic acids is 4. The molecule has 19 heteroatoms. The number of phosphoric acid groups is 2. The van der Waals surface area contributed by atoms with Crippen molar-refractivity contribution in [3.63, 3.8) is 0 Å². The number of ether oxygens (including phenoxy) is 4. The highest BCUT2D eigenvalue weighted by Crippen LogP contribution is 2.45. The maximum atomic E-state index is 13.1. The number of aliphatic hydroxyl groups is 1. The van der Waals surface area contributed by atoms with E-state index in [2.05, 4.69) is 76.3 Å². The average molecular weight is 1480 g/mol. The van der Waals surface area contributed by atoms with Gasteiger partial charge in [0.2, 0.25) is 0 Å².